The van der Waals surface area contributed by atoms with E-state index in [0.29, 0.717) is 19.3 Å². The fraction of sp³-hybridized carbons (Fsp3) is 0.545. The molecule has 1 aliphatic carbocycles. The van der Waals surface area contributed by atoms with E-state index in [2.05, 4.69) is 19.1 Å². The van der Waals surface area contributed by atoms with E-state index in [-0.39, 0.29) is 30.5 Å². The molecule has 27 heavy (non-hydrogen) atoms. The number of hydrogen-bond acceptors (Lipinski definition) is 4. The van der Waals surface area contributed by atoms with Gasteiger partial charge in [-0.1, -0.05) is 55.5 Å². The van der Waals surface area contributed by atoms with Gasteiger partial charge in [-0.05, 0) is 32.1 Å². The third kappa shape index (κ3) is 9.50. The lowest BCUT2D eigenvalue weighted by Gasteiger charge is -2.16. The summed E-state index contributed by atoms with van der Waals surface area (Å²) in [7, 11) is 0. The minimum absolute atomic E-state index is 0.0112. The Labute approximate surface area is 161 Å². The second kappa shape index (κ2) is 13.2. The lowest BCUT2D eigenvalue weighted by molar-refractivity contribution is -0.136. The first kappa shape index (κ1) is 23.1. The number of hydrogen-bond donors (Lipinski definition) is 3. The Kier molecular flexibility index (Phi) is 11.3. The highest BCUT2D eigenvalue weighted by atomic mass is 16.4. The Bertz CT molecular complexity index is 573. The van der Waals surface area contributed by atoms with Crippen molar-refractivity contribution in [2.24, 2.45) is 11.8 Å². The van der Waals surface area contributed by atoms with Crippen LogP contribution in [0.4, 0.5) is 0 Å². The SMILES string of the molecule is CC/C=C\C/C=C\C[C@@H](O)/C=C/[C@@H]1[C@H](C/C=C\CCC(=O)O)C(=O)C[C@@H]1O. The molecule has 1 aliphatic rings. The molecule has 1 fully saturated rings. The first-order valence-electron chi connectivity index (χ1n) is 9.69. The Hall–Kier alpha value is -1.98. The Morgan fingerprint density at radius 3 is 2.63 bits per heavy atom. The zero-order valence-electron chi connectivity index (χ0n) is 16.0. The molecule has 4 atom stereocenters. The summed E-state index contributed by atoms with van der Waals surface area (Å²) in [5, 5.41) is 28.8. The number of aliphatic carboxylic acids is 1. The van der Waals surface area contributed by atoms with E-state index in [1.54, 1.807) is 18.2 Å². The van der Waals surface area contributed by atoms with Gasteiger partial charge in [-0.25, -0.2) is 0 Å². The molecule has 0 aromatic rings. The minimum atomic E-state index is -0.850. The van der Waals surface area contributed by atoms with Crippen LogP contribution in [0.15, 0.2) is 48.6 Å². The first-order valence-corrected chi connectivity index (χ1v) is 9.69. The van der Waals surface area contributed by atoms with Gasteiger partial charge >= 0.3 is 5.97 Å². The van der Waals surface area contributed by atoms with Gasteiger partial charge in [-0.2, -0.15) is 0 Å². The maximum Gasteiger partial charge on any atom is 0.303 e. The highest BCUT2D eigenvalue weighted by Crippen LogP contribution is 2.33. The summed E-state index contributed by atoms with van der Waals surface area (Å²) >= 11 is 0. The molecule has 0 saturated heterocycles. The molecule has 0 unspecified atom stereocenters. The maximum atomic E-state index is 12.1. The monoisotopic (exact) mass is 376 g/mol. The molecule has 0 spiro atoms. The molecule has 1 rings (SSSR count). The number of rotatable bonds is 12. The molecule has 0 radical (unpaired) electrons. The van der Waals surface area contributed by atoms with Crippen LogP contribution in [0.2, 0.25) is 0 Å². The summed E-state index contributed by atoms with van der Waals surface area (Å²) in [5.74, 6) is -1.47. The van der Waals surface area contributed by atoms with E-state index in [0.717, 1.165) is 12.8 Å². The average molecular weight is 376 g/mol. The molecule has 0 bridgehead atoms. The van der Waals surface area contributed by atoms with Crippen molar-refractivity contribution in [1.29, 1.82) is 0 Å². The van der Waals surface area contributed by atoms with Crippen molar-refractivity contribution in [1.82, 2.24) is 0 Å². The van der Waals surface area contributed by atoms with Crippen LogP contribution in [-0.4, -0.2) is 39.3 Å². The summed E-state index contributed by atoms with van der Waals surface area (Å²) in [4.78, 5) is 22.6. The zero-order chi connectivity index (χ0) is 20.1. The Balaban J connectivity index is 2.50. The highest BCUT2D eigenvalue weighted by Gasteiger charge is 2.39. The number of carbonyl (C=O) groups excluding carboxylic acids is 1. The van der Waals surface area contributed by atoms with Crippen LogP contribution in [0.1, 0.15) is 51.9 Å². The van der Waals surface area contributed by atoms with Crippen LogP contribution in [0.3, 0.4) is 0 Å². The molecular weight excluding hydrogens is 344 g/mol. The molecule has 150 valence electrons. The number of aliphatic hydroxyl groups is 2. The van der Waals surface area contributed by atoms with Crippen molar-refractivity contribution < 1.29 is 24.9 Å². The van der Waals surface area contributed by atoms with Gasteiger partial charge in [0.15, 0.2) is 0 Å². The standard InChI is InChI=1S/C22H32O5/c1-2-3-4-5-6-8-11-17(23)14-15-19-18(20(24)16-21(19)25)12-9-7-10-13-22(26)27/h3-4,6-9,14-15,17-19,21,23,25H,2,5,10-13,16H2,1H3,(H,26,27)/b4-3-,8-6-,9-7-,15-14+/t17-,18+,19-,21+/m1/s1. The van der Waals surface area contributed by atoms with Crippen LogP contribution in [0.25, 0.3) is 0 Å². The van der Waals surface area contributed by atoms with Crippen molar-refractivity contribution in [3.8, 4) is 0 Å². The third-order valence-electron chi connectivity index (χ3n) is 4.59. The fourth-order valence-electron chi connectivity index (χ4n) is 3.10. The largest absolute Gasteiger partial charge is 0.481 e. The molecule has 5 heteroatoms. The van der Waals surface area contributed by atoms with Crippen LogP contribution in [0.5, 0.6) is 0 Å². The van der Waals surface area contributed by atoms with Gasteiger partial charge in [0.1, 0.15) is 5.78 Å². The molecule has 5 nitrogen and oxygen atoms in total. The van der Waals surface area contributed by atoms with Crippen LogP contribution >= 0.6 is 0 Å². The number of carboxylic acids is 1. The lowest BCUT2D eigenvalue weighted by atomic mass is 9.90. The van der Waals surface area contributed by atoms with E-state index < -0.39 is 18.2 Å². The molecular formula is C22H32O5. The number of aliphatic hydroxyl groups excluding tert-OH is 2. The van der Waals surface area contributed by atoms with Gasteiger partial charge in [0, 0.05) is 24.7 Å². The van der Waals surface area contributed by atoms with Gasteiger partial charge in [0.2, 0.25) is 0 Å². The summed E-state index contributed by atoms with van der Waals surface area (Å²) in [5.41, 5.74) is 0. The predicted molar refractivity (Wildman–Crippen MR) is 106 cm³/mol. The second-order valence-electron chi connectivity index (χ2n) is 6.84. The number of Topliss-reactive ketones (excluding diaryl/α,β-unsaturated/α-hetero) is 1. The molecule has 1 saturated carbocycles. The smallest absolute Gasteiger partial charge is 0.303 e. The normalized spacial score (nSPS) is 24.9. The van der Waals surface area contributed by atoms with E-state index in [9.17, 15) is 19.8 Å². The number of carbonyl (C=O) groups is 2. The molecule has 0 aromatic heterocycles. The van der Waals surface area contributed by atoms with Crippen molar-refractivity contribution in [3.05, 3.63) is 48.6 Å². The highest BCUT2D eigenvalue weighted by molar-refractivity contribution is 5.84. The molecule has 0 amide bonds. The van der Waals surface area contributed by atoms with Gasteiger partial charge in [0.25, 0.3) is 0 Å². The van der Waals surface area contributed by atoms with Gasteiger partial charge in [-0.15, -0.1) is 0 Å². The van der Waals surface area contributed by atoms with E-state index in [1.165, 1.54) is 0 Å². The van der Waals surface area contributed by atoms with E-state index in [4.69, 9.17) is 5.11 Å². The van der Waals surface area contributed by atoms with Crippen LogP contribution < -0.4 is 0 Å². The summed E-state index contributed by atoms with van der Waals surface area (Å²) in [6.45, 7) is 2.08. The Morgan fingerprint density at radius 2 is 1.93 bits per heavy atom. The number of allylic oxidation sites excluding steroid dienone is 5. The van der Waals surface area contributed by atoms with Crippen molar-refractivity contribution in [3.63, 3.8) is 0 Å². The predicted octanol–water partition coefficient (Wildman–Crippen LogP) is 3.58. The summed E-state index contributed by atoms with van der Waals surface area (Å²) < 4.78 is 0. The topological polar surface area (TPSA) is 94.8 Å². The zero-order valence-corrected chi connectivity index (χ0v) is 16.0. The molecule has 0 aromatic carbocycles. The average Bonchev–Trinajstić information content (AvgIpc) is 2.88. The van der Waals surface area contributed by atoms with Crippen LogP contribution in [-0.2, 0) is 9.59 Å². The number of carboxylic acid groups (broad SMARTS) is 1. The lowest BCUT2D eigenvalue weighted by Crippen LogP contribution is -2.18. The maximum absolute atomic E-state index is 12.1. The van der Waals surface area contributed by atoms with E-state index >= 15 is 0 Å². The van der Waals surface area contributed by atoms with Gasteiger partial charge in [-0.3, -0.25) is 9.59 Å². The van der Waals surface area contributed by atoms with Crippen molar-refractivity contribution in [2.45, 2.75) is 64.1 Å². The second-order valence-corrected chi connectivity index (χ2v) is 6.84. The first-order chi connectivity index (χ1) is 13.0. The molecule has 3 N–H and O–H groups in total. The van der Waals surface area contributed by atoms with Crippen molar-refractivity contribution in [2.75, 3.05) is 0 Å². The van der Waals surface area contributed by atoms with Gasteiger partial charge < -0.3 is 15.3 Å². The minimum Gasteiger partial charge on any atom is -0.481 e. The Morgan fingerprint density at radius 1 is 1.19 bits per heavy atom. The fourth-order valence-corrected chi connectivity index (χ4v) is 3.10. The number of ketones is 1. The summed E-state index contributed by atoms with van der Waals surface area (Å²) in [6, 6.07) is 0. The molecule has 0 heterocycles. The summed E-state index contributed by atoms with van der Waals surface area (Å²) in [6.07, 6.45) is 17.1. The quantitative estimate of drug-likeness (QED) is 0.453. The van der Waals surface area contributed by atoms with E-state index in [1.807, 2.05) is 18.2 Å². The van der Waals surface area contributed by atoms with Crippen molar-refractivity contribution >= 4 is 11.8 Å². The molecule has 0 aliphatic heterocycles. The van der Waals surface area contributed by atoms with Gasteiger partial charge in [0.05, 0.1) is 12.2 Å². The van der Waals surface area contributed by atoms with Crippen LogP contribution in [0, 0.1) is 11.8 Å². The third-order valence-corrected chi connectivity index (χ3v) is 4.59.